The average molecular weight is 658 g/mol. The van der Waals surface area contributed by atoms with Gasteiger partial charge in [0.05, 0.1) is 29.2 Å². The van der Waals surface area contributed by atoms with Crippen LogP contribution in [0.1, 0.15) is 49.4 Å². The molecule has 0 spiro atoms. The van der Waals surface area contributed by atoms with Gasteiger partial charge in [-0.3, -0.25) is 9.59 Å². The Morgan fingerprint density at radius 2 is 1.88 bits per heavy atom. The van der Waals surface area contributed by atoms with Crippen molar-refractivity contribution in [3.63, 3.8) is 0 Å². The third-order valence-corrected chi connectivity index (χ3v) is 7.88. The summed E-state index contributed by atoms with van der Waals surface area (Å²) < 4.78 is 13.4. The number of hydrogen-bond acceptors (Lipinski definition) is 6. The minimum absolute atomic E-state index is 0.148. The minimum Gasteiger partial charge on any atom is -0.493 e. The predicted molar refractivity (Wildman–Crippen MR) is 166 cm³/mol. The summed E-state index contributed by atoms with van der Waals surface area (Å²) in [5.41, 5.74) is 1.58. The maximum Gasteiger partial charge on any atom is 0.282 e. The highest BCUT2D eigenvalue weighted by Gasteiger charge is 2.23. The Morgan fingerprint density at radius 3 is 2.61 bits per heavy atom. The van der Waals surface area contributed by atoms with Crippen LogP contribution in [0.3, 0.4) is 0 Å². The number of benzene rings is 3. The van der Waals surface area contributed by atoms with Crippen LogP contribution in [-0.2, 0) is 4.79 Å². The number of amides is 1. The van der Waals surface area contributed by atoms with Crippen molar-refractivity contribution >= 4 is 67.8 Å². The van der Waals surface area contributed by atoms with Gasteiger partial charge >= 0.3 is 0 Å². The fourth-order valence-electron chi connectivity index (χ4n) is 4.85. The first-order valence-electron chi connectivity index (χ1n) is 13.1. The Hall–Kier alpha value is -3.40. The second-order valence-corrected chi connectivity index (χ2v) is 11.5. The van der Waals surface area contributed by atoms with Crippen molar-refractivity contribution in [3.8, 4) is 11.5 Å². The van der Waals surface area contributed by atoms with Crippen molar-refractivity contribution in [2.75, 3.05) is 19.0 Å². The number of methoxy groups -OCH3 is 1. The number of nitrogens with zero attached hydrogens (tertiary/aromatic N) is 3. The summed E-state index contributed by atoms with van der Waals surface area (Å²) in [6.45, 7) is -0.287. The summed E-state index contributed by atoms with van der Waals surface area (Å²) in [6, 6.07) is 15.5. The largest absolute Gasteiger partial charge is 0.493 e. The molecule has 41 heavy (non-hydrogen) atoms. The van der Waals surface area contributed by atoms with Crippen molar-refractivity contribution in [1.82, 2.24) is 9.66 Å². The van der Waals surface area contributed by atoms with Gasteiger partial charge in [-0.25, -0.2) is 4.98 Å². The van der Waals surface area contributed by atoms with Crippen LogP contribution in [0.4, 0.5) is 5.69 Å². The average Bonchev–Trinajstić information content (AvgIpc) is 2.97. The molecular weight excluding hydrogens is 631 g/mol. The van der Waals surface area contributed by atoms with Crippen LogP contribution < -0.4 is 20.3 Å². The first-order valence-corrected chi connectivity index (χ1v) is 14.7. The maximum atomic E-state index is 13.6. The highest BCUT2D eigenvalue weighted by molar-refractivity contribution is 9.10. The molecule has 5 rings (SSSR count). The van der Waals surface area contributed by atoms with Crippen LogP contribution in [0, 0.1) is 0 Å². The van der Waals surface area contributed by atoms with Gasteiger partial charge in [-0.1, -0.05) is 58.4 Å². The van der Waals surface area contributed by atoms with E-state index in [1.54, 1.807) is 48.7 Å². The predicted octanol–water partition coefficient (Wildman–Crippen LogP) is 7.42. The molecule has 0 radical (unpaired) electrons. The molecule has 4 aromatic rings. The molecule has 8 nitrogen and oxygen atoms in total. The number of aromatic nitrogens is 2. The zero-order chi connectivity index (χ0) is 28.9. The lowest BCUT2D eigenvalue weighted by atomic mass is 9.88. The van der Waals surface area contributed by atoms with Crippen LogP contribution in [-0.4, -0.2) is 35.5 Å². The van der Waals surface area contributed by atoms with E-state index < -0.39 is 0 Å². The Bertz CT molecular complexity index is 1670. The lowest BCUT2D eigenvalue weighted by Crippen LogP contribution is -2.25. The van der Waals surface area contributed by atoms with Gasteiger partial charge in [0.15, 0.2) is 18.1 Å². The SMILES string of the molecule is COc1cc(C=Nn2c(C3CCCCC3)nc3ccc(Br)cc3c2=O)cc(Cl)c1OCC(=O)Nc1ccc(Cl)cc1. The van der Waals surface area contributed by atoms with Crippen LogP contribution >= 0.6 is 39.1 Å². The van der Waals surface area contributed by atoms with Crippen LogP contribution in [0.25, 0.3) is 10.9 Å². The van der Waals surface area contributed by atoms with Gasteiger partial charge in [-0.15, -0.1) is 0 Å². The molecule has 1 N–H and O–H groups in total. The molecule has 0 bridgehead atoms. The highest BCUT2D eigenvalue weighted by Crippen LogP contribution is 2.36. The van der Waals surface area contributed by atoms with Crippen molar-refractivity contribution in [2.24, 2.45) is 5.10 Å². The second-order valence-electron chi connectivity index (χ2n) is 9.71. The molecule has 3 aromatic carbocycles. The van der Waals surface area contributed by atoms with E-state index in [2.05, 4.69) is 26.3 Å². The molecule has 1 amide bonds. The zero-order valence-electron chi connectivity index (χ0n) is 22.2. The number of fused-ring (bicyclic) bond motifs is 1. The van der Waals surface area contributed by atoms with E-state index in [1.807, 2.05) is 12.1 Å². The first kappa shape index (κ1) is 29.1. The summed E-state index contributed by atoms with van der Waals surface area (Å²) in [5.74, 6) is 0.967. The number of nitrogens with one attached hydrogen (secondary N) is 1. The molecule has 1 aliphatic rings. The van der Waals surface area contributed by atoms with Gasteiger partial charge in [0.25, 0.3) is 11.5 Å². The molecule has 0 aliphatic heterocycles. The van der Waals surface area contributed by atoms with E-state index in [1.165, 1.54) is 18.2 Å². The van der Waals surface area contributed by atoms with Gasteiger partial charge in [-0.05, 0) is 73.0 Å². The number of carbonyl (C=O) groups excluding carboxylic acids is 1. The number of anilines is 1. The number of halogens is 3. The van der Waals surface area contributed by atoms with Crippen molar-refractivity contribution < 1.29 is 14.3 Å². The summed E-state index contributed by atoms with van der Waals surface area (Å²) in [4.78, 5) is 30.8. The van der Waals surface area contributed by atoms with Gasteiger partial charge in [0.1, 0.15) is 5.82 Å². The van der Waals surface area contributed by atoms with Gasteiger partial charge < -0.3 is 14.8 Å². The third kappa shape index (κ3) is 6.92. The smallest absolute Gasteiger partial charge is 0.282 e. The molecule has 0 saturated heterocycles. The molecule has 1 saturated carbocycles. The van der Waals surface area contributed by atoms with Gasteiger partial charge in [-0.2, -0.15) is 9.78 Å². The van der Waals surface area contributed by atoms with Crippen molar-refractivity contribution in [3.05, 3.63) is 90.9 Å². The standard InChI is InChI=1S/C30H27BrCl2N4O4/c1-40-26-14-18(13-24(33)28(26)41-17-27(38)35-22-10-8-21(32)9-11-22)16-34-37-29(19-5-3-2-4-6-19)36-25-12-7-20(31)15-23(25)30(37)39/h7-16,19H,2-6,17H2,1H3,(H,35,38). The lowest BCUT2D eigenvalue weighted by Gasteiger charge is -2.22. The third-order valence-electron chi connectivity index (χ3n) is 6.85. The van der Waals surface area contributed by atoms with E-state index in [0.29, 0.717) is 38.8 Å². The fourth-order valence-corrected chi connectivity index (χ4v) is 5.61. The molecular formula is C30H27BrCl2N4O4. The summed E-state index contributed by atoms with van der Waals surface area (Å²) >= 11 is 15.9. The lowest BCUT2D eigenvalue weighted by molar-refractivity contribution is -0.118. The summed E-state index contributed by atoms with van der Waals surface area (Å²) in [7, 11) is 1.48. The van der Waals surface area contributed by atoms with E-state index in [-0.39, 0.29) is 34.8 Å². The number of rotatable bonds is 8. The molecule has 0 atom stereocenters. The number of carbonyl (C=O) groups is 1. The Labute approximate surface area is 255 Å². The van der Waals surface area contributed by atoms with Crippen LogP contribution in [0.2, 0.25) is 10.0 Å². The van der Waals surface area contributed by atoms with Gasteiger partial charge in [0.2, 0.25) is 0 Å². The van der Waals surface area contributed by atoms with Gasteiger partial charge in [0, 0.05) is 21.1 Å². The van der Waals surface area contributed by atoms with E-state index in [4.69, 9.17) is 37.7 Å². The molecule has 212 valence electrons. The number of hydrogen-bond donors (Lipinski definition) is 1. The van der Waals surface area contributed by atoms with Crippen molar-refractivity contribution in [2.45, 2.75) is 38.0 Å². The van der Waals surface area contributed by atoms with Crippen LogP contribution in [0.15, 0.2) is 69.0 Å². The van der Waals surface area contributed by atoms with E-state index in [0.717, 1.165) is 30.2 Å². The second kappa shape index (κ2) is 13.1. The van der Waals surface area contributed by atoms with E-state index >= 15 is 0 Å². The molecule has 0 unspecified atom stereocenters. The molecule has 11 heteroatoms. The molecule has 1 aromatic heterocycles. The quantitative estimate of drug-likeness (QED) is 0.199. The Morgan fingerprint density at radius 1 is 1.12 bits per heavy atom. The molecule has 1 heterocycles. The summed E-state index contributed by atoms with van der Waals surface area (Å²) in [6.07, 6.45) is 6.83. The molecule has 1 aliphatic carbocycles. The Balaban J connectivity index is 1.41. The van der Waals surface area contributed by atoms with Crippen LogP contribution in [0.5, 0.6) is 11.5 Å². The maximum absolute atomic E-state index is 13.6. The van der Waals surface area contributed by atoms with Crippen molar-refractivity contribution in [1.29, 1.82) is 0 Å². The fraction of sp³-hybridized carbons (Fsp3) is 0.267. The zero-order valence-corrected chi connectivity index (χ0v) is 25.3. The summed E-state index contributed by atoms with van der Waals surface area (Å²) in [5, 5.41) is 8.58. The monoisotopic (exact) mass is 656 g/mol. The topological polar surface area (TPSA) is 94.8 Å². The normalized spacial score (nSPS) is 14.0. The minimum atomic E-state index is -0.374. The molecule has 1 fully saturated rings. The Kier molecular flexibility index (Phi) is 9.27. The first-order chi connectivity index (χ1) is 19.8. The highest BCUT2D eigenvalue weighted by atomic mass is 79.9. The van der Waals surface area contributed by atoms with E-state index in [9.17, 15) is 9.59 Å². The number of ether oxygens (including phenoxy) is 2.